The van der Waals surface area contributed by atoms with E-state index in [0.29, 0.717) is 35.4 Å². The number of carbonyl (C=O) groups excluding carboxylic acids is 2. The van der Waals surface area contributed by atoms with Gasteiger partial charge in [0.05, 0.1) is 12.3 Å². The SMILES string of the molecule is CCCC(c1ccc(C(=O)NCCC(=O)O)cc1)C(C(=O)Nc1ccc(-c2cc3ccccc3o2)cc1)c1ccc(OC(F)(F)F)cc1. The Hall–Kier alpha value is -5.58. The Kier molecular flexibility index (Phi) is 10.5. The Balaban J connectivity index is 1.42. The van der Waals surface area contributed by atoms with Crippen LogP contribution in [0.2, 0.25) is 0 Å². The number of hydrogen-bond acceptors (Lipinski definition) is 5. The highest BCUT2D eigenvalue weighted by Gasteiger charge is 2.33. The molecule has 2 unspecified atom stereocenters. The van der Waals surface area contributed by atoms with Crippen LogP contribution in [0.1, 0.15) is 59.5 Å². The van der Waals surface area contributed by atoms with Gasteiger partial charge in [-0.15, -0.1) is 13.2 Å². The van der Waals surface area contributed by atoms with E-state index in [-0.39, 0.29) is 18.9 Å². The van der Waals surface area contributed by atoms with Crippen LogP contribution in [0.5, 0.6) is 5.75 Å². The van der Waals surface area contributed by atoms with Crippen LogP contribution in [0.3, 0.4) is 0 Å². The molecular weight excluding hydrogens is 625 g/mol. The van der Waals surface area contributed by atoms with Gasteiger partial charge >= 0.3 is 12.3 Å². The van der Waals surface area contributed by atoms with E-state index in [9.17, 15) is 27.6 Å². The summed E-state index contributed by atoms with van der Waals surface area (Å²) in [6.45, 7) is 1.94. The van der Waals surface area contributed by atoms with Gasteiger partial charge in [0.1, 0.15) is 17.1 Å². The fraction of sp³-hybridized carbons (Fsp3) is 0.216. The first-order valence-corrected chi connectivity index (χ1v) is 15.4. The first-order chi connectivity index (χ1) is 23.0. The van der Waals surface area contributed by atoms with Crippen molar-refractivity contribution >= 4 is 34.4 Å². The van der Waals surface area contributed by atoms with Crippen molar-refractivity contribution in [2.45, 2.75) is 44.4 Å². The van der Waals surface area contributed by atoms with Gasteiger partial charge in [0, 0.05) is 28.7 Å². The number of halogens is 3. The Bertz CT molecular complexity index is 1830. The predicted molar refractivity (Wildman–Crippen MR) is 175 cm³/mol. The number of para-hydroxylation sites is 1. The molecule has 0 bridgehead atoms. The Morgan fingerprint density at radius 2 is 1.54 bits per heavy atom. The molecule has 0 spiro atoms. The number of carbonyl (C=O) groups is 3. The number of carboxylic acids is 1. The minimum absolute atomic E-state index is 0.0239. The van der Waals surface area contributed by atoms with Crippen molar-refractivity contribution in [1.82, 2.24) is 5.32 Å². The topological polar surface area (TPSA) is 118 Å². The van der Waals surface area contributed by atoms with Gasteiger partial charge in [-0.2, -0.15) is 0 Å². The van der Waals surface area contributed by atoms with Crippen molar-refractivity contribution in [3.63, 3.8) is 0 Å². The van der Waals surface area contributed by atoms with E-state index in [2.05, 4.69) is 15.4 Å². The molecule has 4 aromatic carbocycles. The lowest BCUT2D eigenvalue weighted by Crippen LogP contribution is -2.27. The van der Waals surface area contributed by atoms with Gasteiger partial charge in [0.15, 0.2) is 0 Å². The number of amides is 2. The van der Waals surface area contributed by atoms with E-state index in [4.69, 9.17) is 9.52 Å². The molecule has 1 heterocycles. The second-order valence-corrected chi connectivity index (χ2v) is 11.2. The minimum atomic E-state index is -4.86. The van der Waals surface area contributed by atoms with Gasteiger partial charge < -0.3 is 24.9 Å². The number of aliphatic carboxylic acids is 1. The third-order valence-corrected chi connectivity index (χ3v) is 7.85. The largest absolute Gasteiger partial charge is 0.573 e. The smallest absolute Gasteiger partial charge is 0.481 e. The van der Waals surface area contributed by atoms with Crippen molar-refractivity contribution in [1.29, 1.82) is 0 Å². The molecular formula is C37H33F3N2O6. The lowest BCUT2D eigenvalue weighted by atomic mass is 9.78. The maximum atomic E-state index is 14.1. The molecule has 11 heteroatoms. The number of benzene rings is 4. The zero-order chi connectivity index (χ0) is 34.3. The van der Waals surface area contributed by atoms with Crippen molar-refractivity contribution in [3.05, 3.63) is 120 Å². The van der Waals surface area contributed by atoms with Crippen LogP contribution in [0.4, 0.5) is 18.9 Å². The van der Waals surface area contributed by atoms with E-state index in [0.717, 1.165) is 22.1 Å². The molecule has 3 N–H and O–H groups in total. The summed E-state index contributed by atoms with van der Waals surface area (Å²) < 4.78 is 48.6. The summed E-state index contributed by atoms with van der Waals surface area (Å²) in [6.07, 6.45) is -3.84. The molecule has 5 aromatic rings. The van der Waals surface area contributed by atoms with Gasteiger partial charge in [0.2, 0.25) is 5.91 Å². The van der Waals surface area contributed by atoms with E-state index >= 15 is 0 Å². The van der Waals surface area contributed by atoms with Gasteiger partial charge in [-0.3, -0.25) is 14.4 Å². The standard InChI is InChI=1S/C37H33F3N2O6/c1-2-5-30(23-8-10-26(11-9-23)35(45)41-21-20-33(43)44)34(25-14-18-29(19-15-25)48-37(38,39)40)36(46)42-28-16-12-24(13-17-28)32-22-27-6-3-4-7-31(27)47-32/h3-4,6-19,22,30,34H,2,5,20-21H2,1H3,(H,41,45)(H,42,46)(H,43,44). The van der Waals surface area contributed by atoms with E-state index < -0.39 is 35.8 Å². The van der Waals surface area contributed by atoms with Gasteiger partial charge in [-0.1, -0.05) is 55.8 Å². The quantitative estimate of drug-likeness (QED) is 0.117. The lowest BCUT2D eigenvalue weighted by molar-refractivity contribution is -0.274. The molecule has 48 heavy (non-hydrogen) atoms. The van der Waals surface area contributed by atoms with Crippen molar-refractivity contribution in [2.24, 2.45) is 0 Å². The van der Waals surface area contributed by atoms with E-state index in [1.807, 2.05) is 49.4 Å². The number of nitrogens with one attached hydrogen (secondary N) is 2. The fourth-order valence-corrected chi connectivity index (χ4v) is 5.61. The average Bonchev–Trinajstić information content (AvgIpc) is 3.49. The van der Waals surface area contributed by atoms with Crippen LogP contribution in [-0.4, -0.2) is 35.8 Å². The number of fused-ring (bicyclic) bond motifs is 1. The summed E-state index contributed by atoms with van der Waals surface area (Å²) in [5, 5.41) is 15.3. The maximum Gasteiger partial charge on any atom is 0.573 e. The van der Waals surface area contributed by atoms with Crippen molar-refractivity contribution < 1.29 is 41.8 Å². The maximum absolute atomic E-state index is 14.1. The average molecular weight is 659 g/mol. The second kappa shape index (κ2) is 14.9. The molecule has 248 valence electrons. The van der Waals surface area contributed by atoms with E-state index in [1.54, 1.807) is 36.4 Å². The van der Waals surface area contributed by atoms with Crippen LogP contribution in [0.25, 0.3) is 22.3 Å². The molecule has 0 aliphatic rings. The summed E-state index contributed by atoms with van der Waals surface area (Å²) in [5.41, 5.74) is 3.64. The summed E-state index contributed by atoms with van der Waals surface area (Å²) in [7, 11) is 0. The molecule has 0 saturated carbocycles. The first kappa shape index (κ1) is 33.8. The Labute approximate surface area is 274 Å². The summed E-state index contributed by atoms with van der Waals surface area (Å²) >= 11 is 0. The van der Waals surface area contributed by atoms with Gasteiger partial charge in [0.25, 0.3) is 5.91 Å². The number of carboxylic acid groups (broad SMARTS) is 1. The monoisotopic (exact) mass is 658 g/mol. The highest BCUT2D eigenvalue weighted by Crippen LogP contribution is 2.39. The molecule has 0 radical (unpaired) electrons. The Morgan fingerprint density at radius 1 is 0.875 bits per heavy atom. The van der Waals surface area contributed by atoms with Gasteiger partial charge in [-0.25, -0.2) is 0 Å². The molecule has 0 aliphatic carbocycles. The van der Waals surface area contributed by atoms with Crippen molar-refractivity contribution in [2.75, 3.05) is 11.9 Å². The molecule has 2 amide bonds. The molecule has 5 rings (SSSR count). The van der Waals surface area contributed by atoms with Gasteiger partial charge in [-0.05, 0) is 84.1 Å². The van der Waals surface area contributed by atoms with Crippen LogP contribution >= 0.6 is 0 Å². The zero-order valence-corrected chi connectivity index (χ0v) is 25.9. The normalized spacial score (nSPS) is 12.7. The molecule has 2 atom stereocenters. The summed E-state index contributed by atoms with van der Waals surface area (Å²) in [6, 6.07) is 28.7. The van der Waals surface area contributed by atoms with Crippen LogP contribution in [0.15, 0.2) is 108 Å². The highest BCUT2D eigenvalue weighted by molar-refractivity contribution is 5.97. The van der Waals surface area contributed by atoms with Crippen LogP contribution in [-0.2, 0) is 9.59 Å². The molecule has 0 fully saturated rings. The lowest BCUT2D eigenvalue weighted by Gasteiger charge is -2.28. The third-order valence-electron chi connectivity index (χ3n) is 7.85. The molecule has 0 aliphatic heterocycles. The van der Waals surface area contributed by atoms with Crippen LogP contribution < -0.4 is 15.4 Å². The number of rotatable bonds is 13. The van der Waals surface area contributed by atoms with Crippen LogP contribution in [0, 0.1) is 0 Å². The Morgan fingerprint density at radius 3 is 2.17 bits per heavy atom. The number of hydrogen-bond donors (Lipinski definition) is 3. The fourth-order valence-electron chi connectivity index (χ4n) is 5.61. The summed E-state index contributed by atoms with van der Waals surface area (Å²) in [5.74, 6) is -2.80. The number of ether oxygens (including phenoxy) is 1. The zero-order valence-electron chi connectivity index (χ0n) is 25.9. The molecule has 0 saturated heterocycles. The predicted octanol–water partition coefficient (Wildman–Crippen LogP) is 8.51. The third kappa shape index (κ3) is 8.61. The van der Waals surface area contributed by atoms with Crippen molar-refractivity contribution in [3.8, 4) is 17.1 Å². The number of alkyl halides is 3. The molecule has 8 nitrogen and oxygen atoms in total. The van der Waals surface area contributed by atoms with E-state index in [1.165, 1.54) is 24.3 Å². The summed E-state index contributed by atoms with van der Waals surface area (Å²) in [4.78, 5) is 37.4. The number of furan rings is 1. The minimum Gasteiger partial charge on any atom is -0.481 e. The molecule has 1 aromatic heterocycles. The second-order valence-electron chi connectivity index (χ2n) is 11.2. The number of anilines is 1. The highest BCUT2D eigenvalue weighted by atomic mass is 19.4. The first-order valence-electron chi connectivity index (χ1n) is 15.4.